The molecule has 3 aromatic carbocycles. The van der Waals surface area contributed by atoms with Crippen LogP contribution in [-0.2, 0) is 9.59 Å². The summed E-state index contributed by atoms with van der Waals surface area (Å²) in [5.74, 6) is -0.244. The molecule has 0 radical (unpaired) electrons. The second kappa shape index (κ2) is 11.0. The van der Waals surface area contributed by atoms with E-state index in [2.05, 4.69) is 5.32 Å². The van der Waals surface area contributed by atoms with E-state index >= 15 is 0 Å². The van der Waals surface area contributed by atoms with E-state index in [1.54, 1.807) is 6.08 Å². The van der Waals surface area contributed by atoms with Crippen LogP contribution < -0.4 is 10.1 Å². The summed E-state index contributed by atoms with van der Waals surface area (Å²) in [4.78, 5) is 38.0. The number of carboxylic acid groups (broad SMARTS) is 1. The Bertz CT molecular complexity index is 1310. The van der Waals surface area contributed by atoms with Gasteiger partial charge in [0.2, 0.25) is 5.91 Å². The highest BCUT2D eigenvalue weighted by Crippen LogP contribution is 2.33. The lowest BCUT2D eigenvalue weighted by Gasteiger charge is -2.14. The molecule has 0 aromatic heterocycles. The number of benzene rings is 3. The number of para-hydroxylation sites is 1. The molecule has 176 valence electrons. The highest BCUT2D eigenvalue weighted by molar-refractivity contribution is 8.26. The molecule has 1 fully saturated rings. The van der Waals surface area contributed by atoms with Crippen molar-refractivity contribution in [2.24, 2.45) is 0 Å². The van der Waals surface area contributed by atoms with E-state index < -0.39 is 5.97 Å². The average Bonchev–Trinajstić information content (AvgIpc) is 3.11. The maximum Gasteiger partial charge on any atom is 0.335 e. The van der Waals surface area contributed by atoms with Gasteiger partial charge in [-0.3, -0.25) is 14.5 Å². The van der Waals surface area contributed by atoms with Crippen molar-refractivity contribution in [1.82, 2.24) is 4.90 Å². The Hall–Kier alpha value is -3.95. The van der Waals surface area contributed by atoms with E-state index in [1.165, 1.54) is 40.9 Å². The predicted octanol–water partition coefficient (Wildman–Crippen LogP) is 5.41. The predicted molar refractivity (Wildman–Crippen MR) is 139 cm³/mol. The summed E-state index contributed by atoms with van der Waals surface area (Å²) in [7, 11) is 0. The number of nitrogens with zero attached hydrogens (tertiary/aromatic N) is 1. The number of carbonyl (C=O) groups is 3. The maximum absolute atomic E-state index is 12.9. The molecule has 3 aromatic rings. The molecule has 0 aliphatic carbocycles. The van der Waals surface area contributed by atoms with Crippen LogP contribution in [0.1, 0.15) is 22.3 Å². The van der Waals surface area contributed by atoms with Crippen LogP contribution in [-0.4, -0.2) is 38.7 Å². The third-order valence-electron chi connectivity index (χ3n) is 4.99. The molecule has 1 saturated heterocycles. The van der Waals surface area contributed by atoms with Crippen LogP contribution in [0.25, 0.3) is 6.08 Å². The summed E-state index contributed by atoms with van der Waals surface area (Å²) < 4.78 is 6.24. The van der Waals surface area contributed by atoms with Gasteiger partial charge in [0, 0.05) is 18.7 Å². The van der Waals surface area contributed by atoms with Crippen molar-refractivity contribution in [2.45, 2.75) is 6.42 Å². The van der Waals surface area contributed by atoms with E-state index in [9.17, 15) is 14.4 Å². The van der Waals surface area contributed by atoms with Gasteiger partial charge in [0.1, 0.15) is 15.8 Å². The minimum Gasteiger partial charge on any atom is -0.478 e. The number of carbonyl (C=O) groups excluding carboxylic acids is 2. The zero-order valence-corrected chi connectivity index (χ0v) is 20.0. The highest BCUT2D eigenvalue weighted by atomic mass is 32.2. The van der Waals surface area contributed by atoms with Crippen LogP contribution in [0.4, 0.5) is 5.69 Å². The minimum atomic E-state index is -1.04. The Kier molecular flexibility index (Phi) is 7.59. The topological polar surface area (TPSA) is 95.9 Å². The Morgan fingerprint density at radius 3 is 2.43 bits per heavy atom. The number of anilines is 1. The van der Waals surface area contributed by atoms with Crippen molar-refractivity contribution in [2.75, 3.05) is 11.9 Å². The first-order valence-corrected chi connectivity index (χ1v) is 11.8. The second-order valence-corrected chi connectivity index (χ2v) is 9.18. The number of nitrogens with one attached hydrogen (secondary N) is 1. The van der Waals surface area contributed by atoms with Crippen molar-refractivity contribution >= 4 is 57.8 Å². The fourth-order valence-electron chi connectivity index (χ4n) is 3.27. The molecule has 0 spiro atoms. The fourth-order valence-corrected chi connectivity index (χ4v) is 4.58. The van der Waals surface area contributed by atoms with Gasteiger partial charge in [0.25, 0.3) is 5.91 Å². The van der Waals surface area contributed by atoms with Crippen molar-refractivity contribution in [3.05, 3.63) is 94.9 Å². The zero-order valence-electron chi connectivity index (χ0n) is 18.3. The molecule has 0 atom stereocenters. The van der Waals surface area contributed by atoms with Crippen LogP contribution in [0.15, 0.2) is 83.8 Å². The van der Waals surface area contributed by atoms with E-state index in [0.29, 0.717) is 26.4 Å². The van der Waals surface area contributed by atoms with Crippen molar-refractivity contribution in [3.63, 3.8) is 0 Å². The van der Waals surface area contributed by atoms with Crippen LogP contribution in [0.2, 0.25) is 0 Å². The quantitative estimate of drug-likeness (QED) is 0.313. The summed E-state index contributed by atoms with van der Waals surface area (Å²) >= 11 is 6.55. The second-order valence-electron chi connectivity index (χ2n) is 7.50. The lowest BCUT2D eigenvalue weighted by atomic mass is 10.2. The van der Waals surface area contributed by atoms with Gasteiger partial charge in [-0.05, 0) is 60.2 Å². The van der Waals surface area contributed by atoms with Crippen molar-refractivity contribution < 1.29 is 24.2 Å². The summed E-state index contributed by atoms with van der Waals surface area (Å²) in [5, 5.41) is 11.6. The summed E-state index contributed by atoms with van der Waals surface area (Å²) in [5.41, 5.74) is 1.40. The number of hydrogen-bond acceptors (Lipinski definition) is 6. The number of hydrogen-bond donors (Lipinski definition) is 2. The van der Waals surface area contributed by atoms with Gasteiger partial charge in [-0.2, -0.15) is 0 Å². The number of thioether (sulfide) groups is 1. The van der Waals surface area contributed by atoms with Gasteiger partial charge in [-0.25, -0.2) is 4.79 Å². The average molecular weight is 505 g/mol. The largest absolute Gasteiger partial charge is 0.478 e. The van der Waals surface area contributed by atoms with Crippen LogP contribution in [0, 0.1) is 0 Å². The number of aromatic carboxylic acids is 1. The molecule has 0 bridgehead atoms. The number of amides is 2. The SMILES string of the molecule is O=C(CCN1C(=O)/C(=C/c2cccc(Oc3ccccc3)c2)SC1=S)Nc1ccc(C(=O)O)cc1. The standard InChI is InChI=1S/C26H20N2O5S2/c29-23(27-19-11-9-18(10-12-19)25(31)32)13-14-28-24(30)22(35-26(28)34)16-17-5-4-8-21(15-17)33-20-6-2-1-3-7-20/h1-12,15-16H,13-14H2,(H,27,29)(H,31,32)/b22-16-. The van der Waals surface area contributed by atoms with Crippen molar-refractivity contribution in [3.8, 4) is 11.5 Å². The molecule has 0 saturated carbocycles. The molecule has 35 heavy (non-hydrogen) atoms. The van der Waals surface area contributed by atoms with Crippen LogP contribution >= 0.6 is 24.0 Å². The molecule has 1 aliphatic rings. The lowest BCUT2D eigenvalue weighted by Crippen LogP contribution is -2.31. The minimum absolute atomic E-state index is 0.0425. The van der Waals surface area contributed by atoms with Gasteiger partial charge >= 0.3 is 5.97 Å². The van der Waals surface area contributed by atoms with E-state index in [-0.39, 0.29) is 30.3 Å². The zero-order chi connectivity index (χ0) is 24.8. The smallest absolute Gasteiger partial charge is 0.335 e. The molecule has 1 aliphatic heterocycles. The number of carboxylic acids is 1. The molecule has 9 heteroatoms. The highest BCUT2D eigenvalue weighted by Gasteiger charge is 2.32. The normalized spacial score (nSPS) is 14.3. The molecule has 0 unspecified atom stereocenters. The molecular weight excluding hydrogens is 484 g/mol. The molecule has 2 amide bonds. The van der Waals surface area contributed by atoms with E-state index in [1.807, 2.05) is 54.6 Å². The third kappa shape index (κ3) is 6.34. The summed E-state index contributed by atoms with van der Waals surface area (Å²) in [6.45, 7) is 0.137. The number of rotatable bonds is 8. The first-order valence-electron chi connectivity index (χ1n) is 10.6. The Balaban J connectivity index is 1.36. The van der Waals surface area contributed by atoms with Crippen LogP contribution in [0.5, 0.6) is 11.5 Å². The fraction of sp³-hybridized carbons (Fsp3) is 0.0769. The first kappa shape index (κ1) is 24.2. The summed E-state index contributed by atoms with van der Waals surface area (Å²) in [6.07, 6.45) is 1.79. The van der Waals surface area contributed by atoms with Gasteiger partial charge in [0.05, 0.1) is 10.5 Å². The number of ether oxygens (including phenoxy) is 1. The Morgan fingerprint density at radius 2 is 1.71 bits per heavy atom. The molecule has 4 rings (SSSR count). The molecule has 1 heterocycles. The molecule has 2 N–H and O–H groups in total. The molecule has 7 nitrogen and oxygen atoms in total. The lowest BCUT2D eigenvalue weighted by molar-refractivity contribution is -0.122. The third-order valence-corrected chi connectivity index (χ3v) is 6.36. The van der Waals surface area contributed by atoms with Crippen molar-refractivity contribution in [1.29, 1.82) is 0 Å². The number of thiocarbonyl (C=S) groups is 1. The molecular formula is C26H20N2O5S2. The summed E-state index contributed by atoms with van der Waals surface area (Å²) in [6, 6.07) is 22.6. The first-order chi connectivity index (χ1) is 16.9. The van der Waals surface area contributed by atoms with E-state index in [0.717, 1.165) is 5.56 Å². The monoisotopic (exact) mass is 504 g/mol. The van der Waals surface area contributed by atoms with Gasteiger partial charge < -0.3 is 15.2 Å². The Labute approximate surface area is 211 Å². The maximum atomic E-state index is 12.9. The van der Waals surface area contributed by atoms with Crippen LogP contribution in [0.3, 0.4) is 0 Å². The van der Waals surface area contributed by atoms with Gasteiger partial charge in [0.15, 0.2) is 0 Å². The van der Waals surface area contributed by atoms with Gasteiger partial charge in [-0.1, -0.05) is 54.3 Å². The van der Waals surface area contributed by atoms with E-state index in [4.69, 9.17) is 22.1 Å². The van der Waals surface area contributed by atoms with Gasteiger partial charge in [-0.15, -0.1) is 0 Å². The Morgan fingerprint density at radius 1 is 1.00 bits per heavy atom.